The van der Waals surface area contributed by atoms with E-state index in [1.165, 1.54) is 0 Å². The SMILES string of the molecule is Cc1cc(C)n(CCCNC(=O)c2ccc(COc3cccc(Cl)c3)cc2)n1. The summed E-state index contributed by atoms with van der Waals surface area (Å²) in [4.78, 5) is 12.3. The van der Waals surface area contributed by atoms with Crippen LogP contribution in [0.4, 0.5) is 0 Å². The third-order valence-electron chi connectivity index (χ3n) is 4.35. The number of nitrogens with one attached hydrogen (secondary N) is 1. The van der Waals surface area contributed by atoms with Crippen LogP contribution in [0.5, 0.6) is 5.75 Å². The molecule has 146 valence electrons. The Kier molecular flexibility index (Phi) is 6.71. The van der Waals surface area contributed by atoms with Crippen molar-refractivity contribution in [3.05, 3.63) is 82.1 Å². The van der Waals surface area contributed by atoms with Gasteiger partial charge in [0.1, 0.15) is 12.4 Å². The summed E-state index contributed by atoms with van der Waals surface area (Å²) < 4.78 is 7.68. The largest absolute Gasteiger partial charge is 0.489 e. The summed E-state index contributed by atoms with van der Waals surface area (Å²) in [6.45, 7) is 5.84. The molecule has 0 fully saturated rings. The van der Waals surface area contributed by atoms with Gasteiger partial charge in [0.2, 0.25) is 0 Å². The second-order valence-corrected chi connectivity index (χ2v) is 7.14. The second kappa shape index (κ2) is 9.42. The fraction of sp³-hybridized carbons (Fsp3) is 0.273. The van der Waals surface area contributed by atoms with Crippen molar-refractivity contribution in [1.82, 2.24) is 15.1 Å². The quantitative estimate of drug-likeness (QED) is 0.567. The Morgan fingerprint density at radius 2 is 1.93 bits per heavy atom. The molecule has 2 aromatic carbocycles. The van der Waals surface area contributed by atoms with Crippen LogP contribution in [0, 0.1) is 13.8 Å². The average molecular weight is 398 g/mol. The van der Waals surface area contributed by atoms with Gasteiger partial charge in [0.25, 0.3) is 5.91 Å². The first-order valence-electron chi connectivity index (χ1n) is 9.28. The highest BCUT2D eigenvalue weighted by atomic mass is 35.5. The number of hydrogen-bond donors (Lipinski definition) is 1. The van der Waals surface area contributed by atoms with Gasteiger partial charge in [-0.3, -0.25) is 9.48 Å². The maximum atomic E-state index is 12.3. The summed E-state index contributed by atoms with van der Waals surface area (Å²) in [6.07, 6.45) is 0.833. The summed E-state index contributed by atoms with van der Waals surface area (Å²) in [5.74, 6) is 0.646. The van der Waals surface area contributed by atoms with Gasteiger partial charge in [-0.25, -0.2) is 0 Å². The van der Waals surface area contributed by atoms with E-state index in [0.29, 0.717) is 23.7 Å². The molecule has 0 bridgehead atoms. The molecule has 0 saturated carbocycles. The highest BCUT2D eigenvalue weighted by Crippen LogP contribution is 2.18. The number of halogens is 1. The van der Waals surface area contributed by atoms with Crippen molar-refractivity contribution >= 4 is 17.5 Å². The van der Waals surface area contributed by atoms with Crippen LogP contribution in [0.15, 0.2) is 54.6 Å². The molecule has 6 heteroatoms. The van der Waals surface area contributed by atoms with E-state index in [4.69, 9.17) is 16.3 Å². The number of aromatic nitrogens is 2. The molecule has 0 aliphatic carbocycles. The number of hydrogen-bond acceptors (Lipinski definition) is 3. The number of aryl methyl sites for hydroxylation is 3. The first kappa shape index (κ1) is 20.0. The number of carbonyl (C=O) groups is 1. The zero-order valence-electron chi connectivity index (χ0n) is 16.1. The zero-order chi connectivity index (χ0) is 19.9. The molecule has 0 atom stereocenters. The number of benzene rings is 2. The minimum Gasteiger partial charge on any atom is -0.489 e. The van der Waals surface area contributed by atoms with E-state index >= 15 is 0 Å². The molecule has 0 spiro atoms. The van der Waals surface area contributed by atoms with Crippen LogP contribution in [-0.2, 0) is 13.2 Å². The number of carbonyl (C=O) groups excluding carboxylic acids is 1. The molecule has 0 saturated heterocycles. The monoisotopic (exact) mass is 397 g/mol. The lowest BCUT2D eigenvalue weighted by molar-refractivity contribution is 0.0952. The fourth-order valence-electron chi connectivity index (χ4n) is 2.91. The molecule has 0 radical (unpaired) electrons. The summed E-state index contributed by atoms with van der Waals surface area (Å²) >= 11 is 5.95. The van der Waals surface area contributed by atoms with Gasteiger partial charge < -0.3 is 10.1 Å². The molecule has 0 aliphatic rings. The van der Waals surface area contributed by atoms with Crippen LogP contribution in [-0.4, -0.2) is 22.2 Å². The van der Waals surface area contributed by atoms with Gasteiger partial charge >= 0.3 is 0 Å². The van der Waals surface area contributed by atoms with Gasteiger partial charge in [-0.15, -0.1) is 0 Å². The standard InChI is InChI=1S/C22H24ClN3O2/c1-16-13-17(2)26(25-16)12-4-11-24-22(27)19-9-7-18(8-10-19)15-28-21-6-3-5-20(23)14-21/h3,5-10,13-14H,4,11-12,15H2,1-2H3,(H,24,27). The molecule has 3 rings (SSSR count). The van der Waals surface area contributed by atoms with Gasteiger partial charge in [-0.2, -0.15) is 5.10 Å². The van der Waals surface area contributed by atoms with Crippen molar-refractivity contribution in [2.45, 2.75) is 33.4 Å². The first-order chi connectivity index (χ1) is 13.5. The molecule has 1 heterocycles. The van der Waals surface area contributed by atoms with E-state index in [9.17, 15) is 4.79 Å². The van der Waals surface area contributed by atoms with E-state index in [1.807, 2.05) is 54.9 Å². The van der Waals surface area contributed by atoms with E-state index in [2.05, 4.69) is 16.5 Å². The molecule has 5 nitrogen and oxygen atoms in total. The van der Waals surface area contributed by atoms with E-state index < -0.39 is 0 Å². The number of ether oxygens (including phenoxy) is 1. The van der Waals surface area contributed by atoms with E-state index in [0.717, 1.165) is 35.7 Å². The fourth-order valence-corrected chi connectivity index (χ4v) is 3.09. The number of nitrogens with zero attached hydrogens (tertiary/aromatic N) is 2. The van der Waals surface area contributed by atoms with Gasteiger partial charge in [0.15, 0.2) is 0 Å². The van der Waals surface area contributed by atoms with Crippen molar-refractivity contribution in [1.29, 1.82) is 0 Å². The Hall–Kier alpha value is -2.79. The zero-order valence-corrected chi connectivity index (χ0v) is 16.9. The lowest BCUT2D eigenvalue weighted by Gasteiger charge is -2.09. The predicted molar refractivity (Wildman–Crippen MR) is 111 cm³/mol. The number of rotatable bonds is 8. The molecule has 1 aromatic heterocycles. The Balaban J connectivity index is 1.43. The van der Waals surface area contributed by atoms with Crippen LogP contribution in [0.3, 0.4) is 0 Å². The van der Waals surface area contributed by atoms with Crippen LogP contribution in [0.2, 0.25) is 5.02 Å². The lowest BCUT2D eigenvalue weighted by atomic mass is 10.1. The van der Waals surface area contributed by atoms with E-state index in [-0.39, 0.29) is 5.91 Å². The summed E-state index contributed by atoms with van der Waals surface area (Å²) in [7, 11) is 0. The van der Waals surface area contributed by atoms with Crippen molar-refractivity contribution in [2.75, 3.05) is 6.54 Å². The minimum atomic E-state index is -0.0734. The van der Waals surface area contributed by atoms with E-state index in [1.54, 1.807) is 12.1 Å². The molecule has 1 N–H and O–H groups in total. The smallest absolute Gasteiger partial charge is 0.251 e. The topological polar surface area (TPSA) is 56.2 Å². The molecule has 0 unspecified atom stereocenters. The predicted octanol–water partition coefficient (Wildman–Crippen LogP) is 4.55. The highest BCUT2D eigenvalue weighted by Gasteiger charge is 2.06. The molecular formula is C22H24ClN3O2. The molecule has 1 amide bonds. The Bertz CT molecular complexity index is 935. The third-order valence-corrected chi connectivity index (χ3v) is 4.59. The van der Waals surface area contributed by atoms with Crippen LogP contribution in [0.25, 0.3) is 0 Å². The molecule has 28 heavy (non-hydrogen) atoms. The summed E-state index contributed by atoms with van der Waals surface area (Å²) in [5, 5.41) is 8.02. The van der Waals surface area contributed by atoms with Gasteiger partial charge in [-0.05, 0) is 62.2 Å². The van der Waals surface area contributed by atoms with Gasteiger partial charge in [0.05, 0.1) is 5.69 Å². The summed E-state index contributed by atoms with van der Waals surface area (Å²) in [6, 6.07) is 16.8. The van der Waals surface area contributed by atoms with Crippen LogP contribution < -0.4 is 10.1 Å². The van der Waals surface area contributed by atoms with Crippen molar-refractivity contribution in [3.8, 4) is 5.75 Å². The molecule has 0 aliphatic heterocycles. The maximum Gasteiger partial charge on any atom is 0.251 e. The number of amides is 1. The molecule has 3 aromatic rings. The minimum absolute atomic E-state index is 0.0734. The Morgan fingerprint density at radius 1 is 1.14 bits per heavy atom. The second-order valence-electron chi connectivity index (χ2n) is 6.70. The van der Waals surface area contributed by atoms with Crippen molar-refractivity contribution in [3.63, 3.8) is 0 Å². The normalized spacial score (nSPS) is 10.7. The van der Waals surface area contributed by atoms with Crippen LogP contribution >= 0.6 is 11.6 Å². The van der Waals surface area contributed by atoms with Crippen LogP contribution in [0.1, 0.15) is 33.7 Å². The first-order valence-corrected chi connectivity index (χ1v) is 9.65. The van der Waals surface area contributed by atoms with Gasteiger partial charge in [-0.1, -0.05) is 29.8 Å². The lowest BCUT2D eigenvalue weighted by Crippen LogP contribution is -2.25. The molecular weight excluding hydrogens is 374 g/mol. The Labute approximate surface area is 170 Å². The summed E-state index contributed by atoms with van der Waals surface area (Å²) in [5.41, 5.74) is 3.78. The average Bonchev–Trinajstić information content (AvgIpc) is 3.01. The maximum absolute atomic E-state index is 12.3. The highest BCUT2D eigenvalue weighted by molar-refractivity contribution is 6.30. The third kappa shape index (κ3) is 5.60. The van der Waals surface area contributed by atoms with Crippen molar-refractivity contribution in [2.24, 2.45) is 0 Å². The van der Waals surface area contributed by atoms with Crippen molar-refractivity contribution < 1.29 is 9.53 Å². The Morgan fingerprint density at radius 3 is 2.61 bits per heavy atom. The van der Waals surface area contributed by atoms with Gasteiger partial charge in [0, 0.05) is 29.4 Å².